The van der Waals surface area contributed by atoms with Crippen LogP contribution < -0.4 is 5.73 Å². The van der Waals surface area contributed by atoms with Gasteiger partial charge in [-0.1, -0.05) is 11.8 Å². The van der Waals surface area contributed by atoms with Crippen LogP contribution in [0.25, 0.3) is 0 Å². The van der Waals surface area contributed by atoms with Crippen LogP contribution in [-0.2, 0) is 16.0 Å². The Labute approximate surface area is 92.5 Å². The lowest BCUT2D eigenvalue weighted by Gasteiger charge is -2.00. The van der Waals surface area contributed by atoms with Crippen LogP contribution in [0.5, 0.6) is 0 Å². The summed E-state index contributed by atoms with van der Waals surface area (Å²) in [7, 11) is 1.64. The molecule has 0 saturated heterocycles. The Balaban J connectivity index is 2.04. The number of thioether (sulfide) groups is 1. The Morgan fingerprint density at radius 2 is 2.20 bits per heavy atom. The minimum absolute atomic E-state index is 0.276. The van der Waals surface area contributed by atoms with Crippen molar-refractivity contribution in [3.8, 4) is 0 Å². The van der Waals surface area contributed by atoms with Gasteiger partial charge in [-0.2, -0.15) is 0 Å². The van der Waals surface area contributed by atoms with E-state index in [-0.39, 0.29) is 6.54 Å². The summed E-state index contributed by atoms with van der Waals surface area (Å²) >= 11 is 1.45. The van der Waals surface area contributed by atoms with Gasteiger partial charge in [-0.3, -0.25) is 0 Å². The van der Waals surface area contributed by atoms with E-state index < -0.39 is 0 Å². The molecule has 6 nitrogen and oxygen atoms in total. The largest absolute Gasteiger partial charge is 0.415 e. The monoisotopic (exact) mass is 233 g/mol. The predicted octanol–water partition coefficient (Wildman–Crippen LogP) is 0.283. The van der Waals surface area contributed by atoms with E-state index in [1.807, 2.05) is 0 Å². The highest BCUT2D eigenvalue weighted by molar-refractivity contribution is 7.99. The van der Waals surface area contributed by atoms with Gasteiger partial charge in [0.25, 0.3) is 5.22 Å². The maximum Gasteiger partial charge on any atom is 0.276 e. The number of ether oxygens (including phenoxy) is 2. The Hall–Kier alpha value is -0.630. The number of rotatable bonds is 8. The highest BCUT2D eigenvalue weighted by Crippen LogP contribution is 2.15. The topological polar surface area (TPSA) is 83.4 Å². The van der Waals surface area contributed by atoms with E-state index in [4.69, 9.17) is 19.6 Å². The zero-order valence-electron chi connectivity index (χ0n) is 8.64. The molecule has 1 aromatic heterocycles. The highest BCUT2D eigenvalue weighted by Gasteiger charge is 2.03. The second kappa shape index (κ2) is 7.63. The van der Waals surface area contributed by atoms with E-state index in [2.05, 4.69) is 10.2 Å². The zero-order valence-corrected chi connectivity index (χ0v) is 9.46. The third-order valence-corrected chi connectivity index (χ3v) is 2.29. The second-order valence-corrected chi connectivity index (χ2v) is 3.67. The molecule has 0 aliphatic heterocycles. The summed E-state index contributed by atoms with van der Waals surface area (Å²) in [6.07, 6.45) is 0. The number of hydrogen-bond acceptors (Lipinski definition) is 7. The average molecular weight is 233 g/mol. The lowest BCUT2D eigenvalue weighted by atomic mass is 10.7. The maximum absolute atomic E-state index is 5.33. The van der Waals surface area contributed by atoms with E-state index in [9.17, 15) is 0 Å². The molecule has 0 unspecified atom stereocenters. The van der Waals surface area contributed by atoms with Gasteiger partial charge in [0, 0.05) is 12.9 Å². The predicted molar refractivity (Wildman–Crippen MR) is 55.6 cm³/mol. The Kier molecular flexibility index (Phi) is 6.33. The molecule has 2 N–H and O–H groups in total. The van der Waals surface area contributed by atoms with Crippen molar-refractivity contribution in [1.29, 1.82) is 0 Å². The minimum Gasteiger partial charge on any atom is -0.415 e. The molecular weight excluding hydrogens is 218 g/mol. The fraction of sp³-hybridized carbons (Fsp3) is 0.750. The van der Waals surface area contributed by atoms with E-state index in [1.54, 1.807) is 7.11 Å². The highest BCUT2D eigenvalue weighted by atomic mass is 32.2. The van der Waals surface area contributed by atoms with E-state index in [0.29, 0.717) is 30.9 Å². The van der Waals surface area contributed by atoms with Crippen LogP contribution in [0.15, 0.2) is 9.64 Å². The summed E-state index contributed by atoms with van der Waals surface area (Å²) in [6, 6.07) is 0. The molecule has 0 radical (unpaired) electrons. The molecule has 0 spiro atoms. The van der Waals surface area contributed by atoms with Crippen molar-refractivity contribution in [2.45, 2.75) is 11.8 Å². The van der Waals surface area contributed by atoms with Crippen molar-refractivity contribution in [3.63, 3.8) is 0 Å². The molecule has 7 heteroatoms. The Morgan fingerprint density at radius 1 is 1.33 bits per heavy atom. The van der Waals surface area contributed by atoms with Crippen LogP contribution >= 0.6 is 11.8 Å². The summed E-state index contributed by atoms with van der Waals surface area (Å²) in [4.78, 5) is 0. The van der Waals surface area contributed by atoms with Crippen molar-refractivity contribution >= 4 is 11.8 Å². The molecule has 15 heavy (non-hydrogen) atoms. The van der Waals surface area contributed by atoms with Gasteiger partial charge in [-0.25, -0.2) is 0 Å². The third kappa shape index (κ3) is 5.12. The van der Waals surface area contributed by atoms with Gasteiger partial charge < -0.3 is 19.6 Å². The summed E-state index contributed by atoms with van der Waals surface area (Å²) in [5.74, 6) is 1.23. The smallest absolute Gasteiger partial charge is 0.276 e. The first kappa shape index (κ1) is 12.4. The quantitative estimate of drug-likeness (QED) is 0.510. The number of nitrogens with zero attached hydrogens (tertiary/aromatic N) is 2. The fourth-order valence-electron chi connectivity index (χ4n) is 0.811. The number of hydrogen-bond donors (Lipinski definition) is 1. The van der Waals surface area contributed by atoms with Crippen LogP contribution in [0.4, 0.5) is 0 Å². The van der Waals surface area contributed by atoms with Crippen LogP contribution in [0.2, 0.25) is 0 Å². The molecule has 1 aromatic rings. The molecule has 0 aliphatic rings. The zero-order chi connectivity index (χ0) is 10.9. The molecule has 0 aliphatic carbocycles. The van der Waals surface area contributed by atoms with Crippen LogP contribution in [0, 0.1) is 0 Å². The Bertz CT molecular complexity index is 269. The van der Waals surface area contributed by atoms with Crippen molar-refractivity contribution in [2.24, 2.45) is 5.73 Å². The van der Waals surface area contributed by atoms with Gasteiger partial charge in [0.15, 0.2) is 0 Å². The van der Waals surface area contributed by atoms with E-state index >= 15 is 0 Å². The van der Waals surface area contributed by atoms with Gasteiger partial charge in [0.05, 0.1) is 26.4 Å². The first-order valence-corrected chi connectivity index (χ1v) is 5.57. The molecule has 0 atom stereocenters. The molecule has 1 heterocycles. The molecule has 0 fully saturated rings. The van der Waals surface area contributed by atoms with Gasteiger partial charge in [-0.05, 0) is 0 Å². The standard InChI is InChI=1S/C8H15N3O3S/c1-12-2-3-13-4-5-15-8-11-10-7(6-9)14-8/h2-6,9H2,1H3. The number of methoxy groups -OCH3 is 1. The van der Waals surface area contributed by atoms with Crippen LogP contribution in [0.1, 0.15) is 5.89 Å². The van der Waals surface area contributed by atoms with Crippen molar-refractivity contribution in [3.05, 3.63) is 5.89 Å². The number of nitrogens with two attached hydrogens (primary N) is 1. The van der Waals surface area contributed by atoms with Crippen LogP contribution in [0.3, 0.4) is 0 Å². The van der Waals surface area contributed by atoms with Crippen molar-refractivity contribution < 1.29 is 13.9 Å². The molecule has 0 amide bonds. The summed E-state index contributed by atoms with van der Waals surface area (Å²) in [5.41, 5.74) is 5.33. The molecule has 0 bridgehead atoms. The molecule has 0 saturated carbocycles. The molecule has 1 rings (SSSR count). The molecule has 0 aromatic carbocycles. The lowest BCUT2D eigenvalue weighted by Crippen LogP contribution is -2.04. The van der Waals surface area contributed by atoms with Crippen molar-refractivity contribution in [2.75, 3.05) is 32.7 Å². The van der Waals surface area contributed by atoms with Gasteiger partial charge in [0.1, 0.15) is 0 Å². The normalized spacial score (nSPS) is 10.8. The fourth-order valence-corrected chi connectivity index (χ4v) is 1.44. The molecular formula is C8H15N3O3S. The van der Waals surface area contributed by atoms with Gasteiger partial charge in [-0.15, -0.1) is 10.2 Å². The van der Waals surface area contributed by atoms with Gasteiger partial charge >= 0.3 is 0 Å². The SMILES string of the molecule is COCCOCCSc1nnc(CN)o1. The summed E-state index contributed by atoms with van der Waals surface area (Å²) < 4.78 is 15.3. The Morgan fingerprint density at radius 3 is 2.87 bits per heavy atom. The van der Waals surface area contributed by atoms with E-state index in [1.165, 1.54) is 11.8 Å². The average Bonchev–Trinajstić information content (AvgIpc) is 2.71. The second-order valence-electron chi connectivity index (χ2n) is 2.62. The lowest BCUT2D eigenvalue weighted by molar-refractivity contribution is 0.0789. The van der Waals surface area contributed by atoms with Crippen LogP contribution in [-0.4, -0.2) is 42.9 Å². The summed E-state index contributed by atoms with van der Waals surface area (Å²) in [5, 5.41) is 8.08. The first-order chi connectivity index (χ1) is 7.36. The number of aromatic nitrogens is 2. The third-order valence-electron chi connectivity index (χ3n) is 1.51. The molecule has 86 valence electrons. The van der Waals surface area contributed by atoms with E-state index in [0.717, 1.165) is 5.75 Å². The summed E-state index contributed by atoms with van der Waals surface area (Å²) in [6.45, 7) is 2.13. The van der Waals surface area contributed by atoms with Crippen molar-refractivity contribution in [1.82, 2.24) is 10.2 Å². The minimum atomic E-state index is 0.276. The van der Waals surface area contributed by atoms with Gasteiger partial charge in [0.2, 0.25) is 5.89 Å². The first-order valence-electron chi connectivity index (χ1n) is 4.58. The maximum atomic E-state index is 5.33.